The summed E-state index contributed by atoms with van der Waals surface area (Å²) < 4.78 is 56.6. The van der Waals surface area contributed by atoms with E-state index in [1.165, 1.54) is 12.1 Å². The Morgan fingerprint density at radius 2 is 1.78 bits per heavy atom. The van der Waals surface area contributed by atoms with Crippen LogP contribution in [0, 0.1) is 6.92 Å². The highest BCUT2D eigenvalue weighted by Gasteiger charge is 2.35. The van der Waals surface area contributed by atoms with Crippen LogP contribution < -0.4 is 13.7 Å². The second kappa shape index (κ2) is 9.04. The molecule has 0 radical (unpaired) electrons. The quantitative estimate of drug-likeness (QED) is 0.338. The van der Waals surface area contributed by atoms with Crippen molar-refractivity contribution >= 4 is 42.9 Å². The van der Waals surface area contributed by atoms with Crippen molar-refractivity contribution in [3.8, 4) is 0 Å². The standard InChI is InChI=1S/C24H23N5O5S2/c1-16-13-17(11-12-22(16)29-15-23(30)28-36(29,33)34)14-21(24-25-19-9-5-6-10-20(19)26-24)27-35(31,32)18-7-3-2-4-8-18/h2-13,21,27H,14-15H2,1H3,(H,25,26)(H,28,30)/t21-/m0/s1. The lowest BCUT2D eigenvalue weighted by molar-refractivity contribution is -0.117. The van der Waals surface area contributed by atoms with Crippen LogP contribution in [0.25, 0.3) is 11.0 Å². The third kappa shape index (κ3) is 4.70. The van der Waals surface area contributed by atoms with Crippen molar-refractivity contribution in [3.63, 3.8) is 0 Å². The minimum absolute atomic E-state index is 0.133. The van der Waals surface area contributed by atoms with Crippen molar-refractivity contribution in [3.05, 3.63) is 89.7 Å². The fourth-order valence-corrected chi connectivity index (χ4v) is 6.64. The summed E-state index contributed by atoms with van der Waals surface area (Å²) in [7, 11) is -7.79. The summed E-state index contributed by atoms with van der Waals surface area (Å²) in [5.74, 6) is -0.145. The van der Waals surface area contributed by atoms with Gasteiger partial charge >= 0.3 is 10.2 Å². The van der Waals surface area contributed by atoms with E-state index in [-0.39, 0.29) is 17.9 Å². The number of amides is 1. The maximum Gasteiger partial charge on any atom is 0.326 e. The van der Waals surface area contributed by atoms with Gasteiger partial charge in [0.2, 0.25) is 10.0 Å². The topological polar surface area (TPSA) is 141 Å². The Morgan fingerprint density at radius 3 is 2.44 bits per heavy atom. The number of fused-ring (bicyclic) bond motifs is 1. The maximum atomic E-state index is 13.2. The van der Waals surface area contributed by atoms with Gasteiger partial charge in [0.1, 0.15) is 12.4 Å². The summed E-state index contributed by atoms with van der Waals surface area (Å²) in [6, 6.07) is 19.9. The van der Waals surface area contributed by atoms with Crippen LogP contribution in [0.15, 0.2) is 77.7 Å². The Kier molecular flexibility index (Phi) is 6.02. The van der Waals surface area contributed by atoms with Gasteiger partial charge in [0.25, 0.3) is 5.91 Å². The molecule has 1 amide bonds. The van der Waals surface area contributed by atoms with Gasteiger partial charge in [-0.15, -0.1) is 0 Å². The molecule has 1 atom stereocenters. The number of sulfonamides is 1. The molecule has 1 aromatic heterocycles. The number of nitrogens with zero attached hydrogens (tertiary/aromatic N) is 2. The van der Waals surface area contributed by atoms with Crippen LogP contribution in [0.4, 0.5) is 5.69 Å². The number of H-pyrrole nitrogens is 1. The van der Waals surface area contributed by atoms with Crippen molar-refractivity contribution in [2.75, 3.05) is 10.8 Å². The van der Waals surface area contributed by atoms with Gasteiger partial charge in [0, 0.05) is 0 Å². The molecule has 0 unspecified atom stereocenters. The van der Waals surface area contributed by atoms with Gasteiger partial charge in [0.15, 0.2) is 0 Å². The first kappa shape index (κ1) is 24.0. The molecule has 3 aromatic carbocycles. The smallest absolute Gasteiger partial charge is 0.326 e. The molecule has 1 fully saturated rings. The predicted octanol–water partition coefficient (Wildman–Crippen LogP) is 2.31. The Balaban J connectivity index is 1.49. The van der Waals surface area contributed by atoms with E-state index in [2.05, 4.69) is 14.7 Å². The number of rotatable bonds is 7. The van der Waals surface area contributed by atoms with E-state index in [1.807, 2.05) is 29.0 Å². The van der Waals surface area contributed by atoms with E-state index in [0.29, 0.717) is 22.6 Å². The molecule has 12 heteroatoms. The molecule has 1 aliphatic heterocycles. The molecule has 36 heavy (non-hydrogen) atoms. The number of aryl methyl sites for hydroxylation is 1. The lowest BCUT2D eigenvalue weighted by Gasteiger charge is -2.20. The molecular formula is C24H23N5O5S2. The SMILES string of the molecule is Cc1cc(C[C@H](NS(=O)(=O)c2ccccc2)c2nc3ccccc3[nH]2)ccc1N1CC(=O)NS1(=O)=O. The van der Waals surface area contributed by atoms with Gasteiger partial charge in [-0.3, -0.25) is 4.79 Å². The molecule has 5 rings (SSSR count). The van der Waals surface area contributed by atoms with Crippen LogP contribution in [0.3, 0.4) is 0 Å². The van der Waals surface area contributed by atoms with Gasteiger partial charge in [-0.05, 0) is 54.8 Å². The van der Waals surface area contributed by atoms with Gasteiger partial charge in [-0.25, -0.2) is 27.2 Å². The number of aromatic nitrogens is 2. The molecule has 0 bridgehead atoms. The zero-order valence-electron chi connectivity index (χ0n) is 19.2. The van der Waals surface area contributed by atoms with Crippen LogP contribution in [-0.4, -0.2) is 39.3 Å². The first-order valence-corrected chi connectivity index (χ1v) is 14.0. The number of carbonyl (C=O) groups is 1. The van der Waals surface area contributed by atoms with Gasteiger partial charge in [0.05, 0.1) is 27.7 Å². The molecule has 0 spiro atoms. The lowest BCUT2D eigenvalue weighted by Crippen LogP contribution is -2.31. The van der Waals surface area contributed by atoms with E-state index in [0.717, 1.165) is 15.4 Å². The summed E-state index contributed by atoms with van der Waals surface area (Å²) in [6.07, 6.45) is 0.247. The normalized spacial score (nSPS) is 16.2. The van der Waals surface area contributed by atoms with Crippen LogP contribution in [0.2, 0.25) is 0 Å². The third-order valence-electron chi connectivity index (χ3n) is 5.88. The van der Waals surface area contributed by atoms with Crippen molar-refractivity contribution in [2.45, 2.75) is 24.3 Å². The number of aromatic amines is 1. The second-order valence-corrected chi connectivity index (χ2v) is 11.8. The fraction of sp³-hybridized carbons (Fsp3) is 0.167. The Hall–Kier alpha value is -3.74. The van der Waals surface area contributed by atoms with Crippen LogP contribution >= 0.6 is 0 Å². The van der Waals surface area contributed by atoms with E-state index in [4.69, 9.17) is 0 Å². The summed E-state index contributed by atoms with van der Waals surface area (Å²) in [5, 5.41) is 0. The number of para-hydroxylation sites is 2. The largest absolute Gasteiger partial charge is 0.341 e. The van der Waals surface area contributed by atoms with Gasteiger partial charge in [-0.1, -0.05) is 42.5 Å². The third-order valence-corrected chi connectivity index (χ3v) is 8.76. The molecule has 10 nitrogen and oxygen atoms in total. The highest BCUT2D eigenvalue weighted by atomic mass is 32.2. The summed E-state index contributed by atoms with van der Waals surface area (Å²) in [5.41, 5.74) is 3.25. The fourth-order valence-electron chi connectivity index (χ4n) is 4.21. The summed E-state index contributed by atoms with van der Waals surface area (Å²) >= 11 is 0. The molecule has 186 valence electrons. The zero-order chi connectivity index (χ0) is 25.5. The average molecular weight is 526 g/mol. The molecule has 4 aromatic rings. The molecule has 0 aliphatic carbocycles. The summed E-state index contributed by atoms with van der Waals surface area (Å²) in [6.45, 7) is 1.45. The number of anilines is 1. The number of hydrogen-bond acceptors (Lipinski definition) is 6. The van der Waals surface area contributed by atoms with Gasteiger partial charge < -0.3 is 4.98 Å². The minimum atomic E-state index is -3.93. The Labute approximate surface area is 208 Å². The van der Waals surface area contributed by atoms with Crippen molar-refractivity contribution in [1.82, 2.24) is 19.4 Å². The van der Waals surface area contributed by atoms with Crippen LogP contribution in [0.5, 0.6) is 0 Å². The average Bonchev–Trinajstić information content (AvgIpc) is 3.38. The van der Waals surface area contributed by atoms with E-state index in [9.17, 15) is 21.6 Å². The number of benzene rings is 3. The van der Waals surface area contributed by atoms with Gasteiger partial charge in [-0.2, -0.15) is 8.42 Å². The predicted molar refractivity (Wildman–Crippen MR) is 135 cm³/mol. The highest BCUT2D eigenvalue weighted by molar-refractivity contribution is 7.92. The van der Waals surface area contributed by atoms with Crippen LogP contribution in [0.1, 0.15) is 23.0 Å². The van der Waals surface area contributed by atoms with E-state index in [1.54, 1.807) is 43.3 Å². The number of nitrogens with one attached hydrogen (secondary N) is 3. The molecule has 2 heterocycles. The molecular weight excluding hydrogens is 502 g/mol. The van der Waals surface area contributed by atoms with Crippen molar-refractivity contribution < 1.29 is 21.6 Å². The Bertz CT molecular complexity index is 1630. The Morgan fingerprint density at radius 1 is 1.06 bits per heavy atom. The minimum Gasteiger partial charge on any atom is -0.341 e. The molecule has 1 saturated heterocycles. The number of hydrogen-bond donors (Lipinski definition) is 3. The van der Waals surface area contributed by atoms with Crippen molar-refractivity contribution in [1.29, 1.82) is 0 Å². The molecule has 0 saturated carbocycles. The second-order valence-electron chi connectivity index (χ2n) is 8.49. The highest BCUT2D eigenvalue weighted by Crippen LogP contribution is 2.28. The molecule has 3 N–H and O–H groups in total. The van der Waals surface area contributed by atoms with E-state index >= 15 is 0 Å². The van der Waals surface area contributed by atoms with Crippen LogP contribution in [-0.2, 0) is 31.4 Å². The monoisotopic (exact) mass is 525 g/mol. The first-order valence-electron chi connectivity index (χ1n) is 11.1. The first-order chi connectivity index (χ1) is 17.1. The number of imidazole rings is 1. The van der Waals surface area contributed by atoms with E-state index < -0.39 is 32.2 Å². The summed E-state index contributed by atoms with van der Waals surface area (Å²) in [4.78, 5) is 19.6. The zero-order valence-corrected chi connectivity index (χ0v) is 20.8. The molecule has 1 aliphatic rings. The van der Waals surface area contributed by atoms with Crippen molar-refractivity contribution in [2.24, 2.45) is 0 Å². The lowest BCUT2D eigenvalue weighted by atomic mass is 10.0. The number of carbonyl (C=O) groups excluding carboxylic acids is 1. The maximum absolute atomic E-state index is 13.2.